The maximum atomic E-state index is 12.6. The van der Waals surface area contributed by atoms with Gasteiger partial charge in [0.1, 0.15) is 0 Å². The lowest BCUT2D eigenvalue weighted by Crippen LogP contribution is -2.41. The van der Waals surface area contributed by atoms with Crippen molar-refractivity contribution in [3.63, 3.8) is 0 Å². The molecule has 0 bridgehead atoms. The van der Waals surface area contributed by atoms with E-state index in [2.05, 4.69) is 20.9 Å². The van der Waals surface area contributed by atoms with Gasteiger partial charge in [0.2, 0.25) is 11.8 Å². The summed E-state index contributed by atoms with van der Waals surface area (Å²) in [6, 6.07) is 12.0. The molecule has 2 amide bonds. The molecular weight excluding hydrogens is 340 g/mol. The SMILES string of the molecule is Cc1ccc(NC(=O)CN(C)C(=O)CN2CCC[C@H]2c2cccn2C)cc1. The van der Waals surface area contributed by atoms with Gasteiger partial charge in [-0.3, -0.25) is 14.5 Å². The summed E-state index contributed by atoms with van der Waals surface area (Å²) in [5.74, 6) is -0.217. The summed E-state index contributed by atoms with van der Waals surface area (Å²) >= 11 is 0. The zero-order valence-electron chi connectivity index (χ0n) is 16.3. The van der Waals surface area contributed by atoms with E-state index in [0.29, 0.717) is 6.54 Å². The average Bonchev–Trinajstić information content (AvgIpc) is 3.25. The summed E-state index contributed by atoms with van der Waals surface area (Å²) in [6.07, 6.45) is 4.18. The van der Waals surface area contributed by atoms with Gasteiger partial charge in [0.25, 0.3) is 0 Å². The number of aryl methyl sites for hydroxylation is 2. The van der Waals surface area contributed by atoms with Crippen molar-refractivity contribution < 1.29 is 9.59 Å². The Morgan fingerprint density at radius 3 is 2.63 bits per heavy atom. The molecule has 2 heterocycles. The molecule has 6 nitrogen and oxygen atoms in total. The normalized spacial score (nSPS) is 17.1. The number of rotatable bonds is 6. The molecule has 1 fully saturated rings. The fourth-order valence-corrected chi connectivity index (χ4v) is 3.61. The molecule has 1 aromatic heterocycles. The number of anilines is 1. The summed E-state index contributed by atoms with van der Waals surface area (Å²) in [5.41, 5.74) is 3.12. The van der Waals surface area contributed by atoms with Crippen LogP contribution in [0.3, 0.4) is 0 Å². The van der Waals surface area contributed by atoms with Gasteiger partial charge < -0.3 is 14.8 Å². The van der Waals surface area contributed by atoms with Crippen LogP contribution in [0.4, 0.5) is 5.69 Å². The number of likely N-dealkylation sites (N-methyl/N-ethyl adjacent to an activating group) is 1. The molecule has 1 N–H and O–H groups in total. The fourth-order valence-electron chi connectivity index (χ4n) is 3.61. The van der Waals surface area contributed by atoms with Gasteiger partial charge in [0, 0.05) is 31.7 Å². The van der Waals surface area contributed by atoms with Crippen LogP contribution < -0.4 is 5.32 Å². The zero-order valence-corrected chi connectivity index (χ0v) is 16.3. The van der Waals surface area contributed by atoms with E-state index in [0.717, 1.165) is 30.6 Å². The molecule has 0 saturated carbocycles. The van der Waals surface area contributed by atoms with Gasteiger partial charge in [0.15, 0.2) is 0 Å². The molecule has 1 aromatic carbocycles. The molecule has 0 spiro atoms. The third-order valence-electron chi connectivity index (χ3n) is 5.17. The minimum absolute atomic E-state index is 0.0323. The molecular formula is C21H28N4O2. The molecule has 6 heteroatoms. The van der Waals surface area contributed by atoms with Crippen molar-refractivity contribution in [2.24, 2.45) is 7.05 Å². The minimum Gasteiger partial charge on any atom is -0.353 e. The van der Waals surface area contributed by atoms with Crippen molar-refractivity contribution in [2.75, 3.05) is 32.0 Å². The zero-order chi connectivity index (χ0) is 19.4. The minimum atomic E-state index is -0.185. The van der Waals surface area contributed by atoms with E-state index in [9.17, 15) is 9.59 Å². The fraction of sp³-hybridized carbons (Fsp3) is 0.429. The van der Waals surface area contributed by atoms with E-state index in [1.54, 1.807) is 7.05 Å². The third-order valence-corrected chi connectivity index (χ3v) is 5.17. The number of nitrogens with one attached hydrogen (secondary N) is 1. The average molecular weight is 368 g/mol. The van der Waals surface area contributed by atoms with Crippen molar-refractivity contribution in [3.05, 3.63) is 53.9 Å². The predicted molar refractivity (Wildman–Crippen MR) is 106 cm³/mol. The van der Waals surface area contributed by atoms with Gasteiger partial charge in [-0.1, -0.05) is 17.7 Å². The van der Waals surface area contributed by atoms with Gasteiger partial charge in [-0.25, -0.2) is 0 Å². The lowest BCUT2D eigenvalue weighted by molar-refractivity contribution is -0.134. The molecule has 0 unspecified atom stereocenters. The molecule has 144 valence electrons. The monoisotopic (exact) mass is 368 g/mol. The molecule has 27 heavy (non-hydrogen) atoms. The highest BCUT2D eigenvalue weighted by atomic mass is 16.2. The smallest absolute Gasteiger partial charge is 0.243 e. The first-order valence-electron chi connectivity index (χ1n) is 9.40. The lowest BCUT2D eigenvalue weighted by Gasteiger charge is -2.26. The highest BCUT2D eigenvalue weighted by Gasteiger charge is 2.30. The quantitative estimate of drug-likeness (QED) is 0.853. The van der Waals surface area contributed by atoms with E-state index < -0.39 is 0 Å². The first-order chi connectivity index (χ1) is 12.9. The first-order valence-corrected chi connectivity index (χ1v) is 9.40. The Balaban J connectivity index is 1.53. The van der Waals surface area contributed by atoms with Gasteiger partial charge in [-0.05, 0) is 50.6 Å². The Morgan fingerprint density at radius 2 is 1.96 bits per heavy atom. The van der Waals surface area contributed by atoms with E-state index in [-0.39, 0.29) is 24.4 Å². The van der Waals surface area contributed by atoms with E-state index >= 15 is 0 Å². The number of nitrogens with zero attached hydrogens (tertiary/aromatic N) is 3. The Kier molecular flexibility index (Phi) is 5.96. The maximum Gasteiger partial charge on any atom is 0.243 e. The van der Waals surface area contributed by atoms with Gasteiger partial charge in [0.05, 0.1) is 19.1 Å². The molecule has 0 aliphatic carbocycles. The van der Waals surface area contributed by atoms with Crippen molar-refractivity contribution in [3.8, 4) is 0 Å². The topological polar surface area (TPSA) is 57.6 Å². The second-order valence-electron chi connectivity index (χ2n) is 7.34. The molecule has 1 aliphatic rings. The highest BCUT2D eigenvalue weighted by Crippen LogP contribution is 2.31. The number of likely N-dealkylation sites (tertiary alicyclic amines) is 1. The van der Waals surface area contributed by atoms with Crippen molar-refractivity contribution in [2.45, 2.75) is 25.8 Å². The number of benzene rings is 1. The highest BCUT2D eigenvalue weighted by molar-refractivity contribution is 5.94. The number of aromatic nitrogens is 1. The molecule has 1 aliphatic heterocycles. The second kappa shape index (κ2) is 8.39. The Labute approximate surface area is 160 Å². The van der Waals surface area contributed by atoms with Crippen LogP contribution in [-0.4, -0.2) is 52.9 Å². The standard InChI is InChI=1S/C21H28N4O2/c1-16-8-10-17(11-9-16)22-20(26)14-24(3)21(27)15-25-13-5-7-19(25)18-6-4-12-23(18)2/h4,6,8-12,19H,5,7,13-15H2,1-3H3,(H,22,26)/t19-/m0/s1. The van der Waals surface area contributed by atoms with Gasteiger partial charge >= 0.3 is 0 Å². The Morgan fingerprint density at radius 1 is 1.22 bits per heavy atom. The van der Waals surface area contributed by atoms with Crippen LogP contribution in [0.5, 0.6) is 0 Å². The molecule has 3 rings (SSSR count). The summed E-state index contributed by atoms with van der Waals surface area (Å²) in [4.78, 5) is 28.6. The van der Waals surface area contributed by atoms with Gasteiger partial charge in [-0.15, -0.1) is 0 Å². The van der Waals surface area contributed by atoms with Gasteiger partial charge in [-0.2, -0.15) is 0 Å². The van der Waals surface area contributed by atoms with Crippen molar-refractivity contribution >= 4 is 17.5 Å². The Bertz CT molecular complexity index is 797. The van der Waals surface area contributed by atoms with Crippen LogP contribution in [0.15, 0.2) is 42.6 Å². The van der Waals surface area contributed by atoms with Crippen LogP contribution in [-0.2, 0) is 16.6 Å². The van der Waals surface area contributed by atoms with Crippen LogP contribution in [0.2, 0.25) is 0 Å². The molecule has 1 atom stereocenters. The summed E-state index contributed by atoms with van der Waals surface area (Å²) in [7, 11) is 3.72. The van der Waals surface area contributed by atoms with Crippen molar-refractivity contribution in [1.29, 1.82) is 0 Å². The van der Waals surface area contributed by atoms with E-state index in [4.69, 9.17) is 0 Å². The molecule has 1 saturated heterocycles. The van der Waals surface area contributed by atoms with Crippen LogP contribution >= 0.6 is 0 Å². The summed E-state index contributed by atoms with van der Waals surface area (Å²) in [6.45, 7) is 3.30. The predicted octanol–water partition coefficient (Wildman–Crippen LogP) is 2.57. The summed E-state index contributed by atoms with van der Waals surface area (Å²) < 4.78 is 2.12. The number of hydrogen-bond donors (Lipinski definition) is 1. The Hall–Kier alpha value is -2.60. The second-order valence-corrected chi connectivity index (χ2v) is 7.34. The first kappa shape index (κ1) is 19.2. The lowest BCUT2D eigenvalue weighted by atomic mass is 10.1. The maximum absolute atomic E-state index is 12.6. The van der Waals surface area contributed by atoms with E-state index in [1.807, 2.05) is 50.5 Å². The van der Waals surface area contributed by atoms with E-state index in [1.165, 1.54) is 10.6 Å². The number of carbonyl (C=O) groups excluding carboxylic acids is 2. The number of carbonyl (C=O) groups is 2. The van der Waals surface area contributed by atoms with Crippen LogP contribution in [0.25, 0.3) is 0 Å². The summed E-state index contributed by atoms with van der Waals surface area (Å²) in [5, 5.41) is 2.84. The molecule has 0 radical (unpaired) electrons. The number of amides is 2. The third kappa shape index (κ3) is 4.77. The van der Waals surface area contributed by atoms with Crippen LogP contribution in [0.1, 0.15) is 30.1 Å². The largest absolute Gasteiger partial charge is 0.353 e. The van der Waals surface area contributed by atoms with Crippen LogP contribution in [0, 0.1) is 6.92 Å². The van der Waals surface area contributed by atoms with Crippen molar-refractivity contribution in [1.82, 2.24) is 14.4 Å². The number of hydrogen-bond acceptors (Lipinski definition) is 3. The molecule has 2 aromatic rings.